The number of nitrogens with zero attached hydrogens (tertiary/aromatic N) is 2. The van der Waals surface area contributed by atoms with Crippen LogP contribution in [0, 0.1) is 5.82 Å². The van der Waals surface area contributed by atoms with Gasteiger partial charge in [0.15, 0.2) is 5.82 Å². The minimum absolute atomic E-state index is 0.0185. The zero-order valence-corrected chi connectivity index (χ0v) is 17.8. The van der Waals surface area contributed by atoms with Gasteiger partial charge < -0.3 is 26.2 Å². The Bertz CT molecular complexity index is 1110. The molecule has 1 aromatic heterocycles. The van der Waals surface area contributed by atoms with Gasteiger partial charge in [-0.25, -0.2) is 14.4 Å². The summed E-state index contributed by atoms with van der Waals surface area (Å²) in [5.74, 6) is -0.336. The molecule has 164 valence electrons. The Kier molecular flexibility index (Phi) is 6.89. The number of aliphatic hydroxyl groups is 1. The molecule has 1 atom stereocenters. The third-order valence-electron chi connectivity index (χ3n) is 5.01. The Hall–Kier alpha value is -3.01. The van der Waals surface area contributed by atoms with Crippen LogP contribution in [0.3, 0.4) is 0 Å². The molecule has 3 aromatic rings. The Morgan fingerprint density at radius 3 is 2.81 bits per heavy atom. The van der Waals surface area contributed by atoms with Crippen LogP contribution in [0.5, 0.6) is 5.75 Å². The fourth-order valence-electron chi connectivity index (χ4n) is 3.06. The predicted octanol–water partition coefficient (Wildman–Crippen LogP) is 2.54. The van der Waals surface area contributed by atoms with E-state index in [0.717, 1.165) is 0 Å². The number of rotatable bonds is 9. The van der Waals surface area contributed by atoms with Gasteiger partial charge in [0.05, 0.1) is 28.4 Å². The number of nitrogens with two attached hydrogens (primary N) is 1. The van der Waals surface area contributed by atoms with E-state index in [1.165, 1.54) is 12.4 Å². The molecule has 8 nitrogen and oxygen atoms in total. The topological polar surface area (TPSA) is 122 Å². The number of nitrogens with one attached hydrogen (secondary N) is 2. The second kappa shape index (κ2) is 9.42. The van der Waals surface area contributed by atoms with Crippen molar-refractivity contribution in [3.63, 3.8) is 0 Å². The van der Waals surface area contributed by atoms with Crippen LogP contribution in [0.1, 0.15) is 12.5 Å². The van der Waals surface area contributed by atoms with Gasteiger partial charge in [0.1, 0.15) is 24.5 Å². The number of carbonyl (C=O) groups is 1. The lowest BCUT2D eigenvalue weighted by Gasteiger charge is -2.26. The standard InChI is InChI=1S/C21H23ClFN5O3/c1-21(25-2,20(24)30)10-12-8-13-16(9-17(12)31-7-6-29)26-11-27-19(13)28-15-5-3-4-14(22)18(15)23/h3-5,8-9,11,25,29H,6-7,10H2,1-2H3,(H2,24,30)(H,26,27,28)/t21-/m0/s1. The van der Waals surface area contributed by atoms with E-state index >= 15 is 0 Å². The molecule has 10 heteroatoms. The van der Waals surface area contributed by atoms with Gasteiger partial charge in [-0.1, -0.05) is 17.7 Å². The van der Waals surface area contributed by atoms with Gasteiger partial charge in [-0.15, -0.1) is 0 Å². The highest BCUT2D eigenvalue weighted by Gasteiger charge is 2.31. The van der Waals surface area contributed by atoms with Crippen molar-refractivity contribution in [1.82, 2.24) is 15.3 Å². The monoisotopic (exact) mass is 447 g/mol. The highest BCUT2D eigenvalue weighted by molar-refractivity contribution is 6.31. The molecule has 2 aromatic carbocycles. The molecule has 0 saturated carbocycles. The van der Waals surface area contributed by atoms with Crippen LogP contribution in [0.4, 0.5) is 15.9 Å². The second-order valence-electron chi connectivity index (χ2n) is 7.12. The lowest BCUT2D eigenvalue weighted by molar-refractivity contribution is -0.123. The van der Waals surface area contributed by atoms with Gasteiger partial charge in [-0.3, -0.25) is 4.79 Å². The Morgan fingerprint density at radius 2 is 2.13 bits per heavy atom. The number of fused-ring (bicyclic) bond motifs is 1. The lowest BCUT2D eigenvalue weighted by atomic mass is 9.91. The molecule has 0 radical (unpaired) electrons. The maximum atomic E-state index is 14.4. The maximum absolute atomic E-state index is 14.4. The number of amides is 1. The average molecular weight is 448 g/mol. The van der Waals surface area contributed by atoms with Crippen LogP contribution in [0.15, 0.2) is 36.7 Å². The van der Waals surface area contributed by atoms with Gasteiger partial charge in [0.2, 0.25) is 5.91 Å². The lowest BCUT2D eigenvalue weighted by Crippen LogP contribution is -2.53. The summed E-state index contributed by atoms with van der Waals surface area (Å²) < 4.78 is 20.1. The van der Waals surface area contributed by atoms with E-state index in [2.05, 4.69) is 20.6 Å². The number of aliphatic hydroxyl groups excluding tert-OH is 1. The number of anilines is 2. The minimum atomic E-state index is -1.05. The molecule has 1 amide bonds. The smallest absolute Gasteiger partial charge is 0.237 e. The van der Waals surface area contributed by atoms with Crippen molar-refractivity contribution < 1.29 is 19.0 Å². The number of benzene rings is 2. The molecule has 0 fully saturated rings. The molecule has 0 aliphatic heterocycles. The first kappa shape index (κ1) is 22.7. The summed E-state index contributed by atoms with van der Waals surface area (Å²) in [6.45, 7) is 1.56. The largest absolute Gasteiger partial charge is 0.491 e. The van der Waals surface area contributed by atoms with E-state index in [1.807, 2.05) is 0 Å². The molecule has 0 aliphatic rings. The molecule has 0 bridgehead atoms. The second-order valence-corrected chi connectivity index (χ2v) is 7.53. The minimum Gasteiger partial charge on any atom is -0.491 e. The number of carbonyl (C=O) groups excluding carboxylic acids is 1. The first-order valence-electron chi connectivity index (χ1n) is 9.50. The molecule has 0 spiro atoms. The van der Waals surface area contributed by atoms with Crippen LogP contribution < -0.4 is 21.1 Å². The maximum Gasteiger partial charge on any atom is 0.237 e. The fourth-order valence-corrected chi connectivity index (χ4v) is 3.24. The first-order chi connectivity index (χ1) is 14.8. The van der Waals surface area contributed by atoms with Gasteiger partial charge in [-0.2, -0.15) is 0 Å². The van der Waals surface area contributed by atoms with E-state index in [4.69, 9.17) is 27.2 Å². The van der Waals surface area contributed by atoms with Crippen LogP contribution in [0.2, 0.25) is 5.02 Å². The van der Waals surface area contributed by atoms with Crippen molar-refractivity contribution in [2.45, 2.75) is 18.9 Å². The van der Waals surface area contributed by atoms with Crippen LogP contribution in [0.25, 0.3) is 10.9 Å². The third kappa shape index (κ3) is 4.84. The number of ether oxygens (including phenoxy) is 1. The number of hydrogen-bond acceptors (Lipinski definition) is 7. The van der Waals surface area contributed by atoms with Gasteiger partial charge in [-0.05, 0) is 37.7 Å². The Balaban J connectivity index is 2.12. The summed E-state index contributed by atoms with van der Waals surface area (Å²) in [6, 6.07) is 8.05. The Labute approximate surface area is 183 Å². The number of halogens is 2. The van der Waals surface area contributed by atoms with Crippen LogP contribution in [-0.4, -0.2) is 46.8 Å². The van der Waals surface area contributed by atoms with E-state index in [0.29, 0.717) is 28.0 Å². The number of likely N-dealkylation sites (N-methyl/N-ethyl adjacent to an activating group) is 1. The predicted molar refractivity (Wildman–Crippen MR) is 117 cm³/mol. The average Bonchev–Trinajstić information content (AvgIpc) is 2.75. The first-order valence-corrected chi connectivity index (χ1v) is 9.88. The van der Waals surface area contributed by atoms with E-state index in [1.54, 1.807) is 38.2 Å². The summed E-state index contributed by atoms with van der Waals surface area (Å²) in [5.41, 5.74) is 5.86. The molecule has 5 N–H and O–H groups in total. The van der Waals surface area contributed by atoms with E-state index in [-0.39, 0.29) is 30.3 Å². The SMILES string of the molecule is CN[C@@](C)(Cc1cc2c(Nc3cccc(Cl)c3F)ncnc2cc1OCCO)C(N)=O. The van der Waals surface area contributed by atoms with E-state index in [9.17, 15) is 9.18 Å². The van der Waals surface area contributed by atoms with E-state index < -0.39 is 17.3 Å². The van der Waals surface area contributed by atoms with Crippen LogP contribution in [-0.2, 0) is 11.2 Å². The normalized spacial score (nSPS) is 13.1. The summed E-state index contributed by atoms with van der Waals surface area (Å²) >= 11 is 5.88. The van der Waals surface area contributed by atoms with Crippen molar-refractivity contribution in [2.24, 2.45) is 5.73 Å². The number of hydrogen-bond donors (Lipinski definition) is 4. The molecular formula is C21H23ClFN5O3. The van der Waals surface area contributed by atoms with Crippen molar-refractivity contribution in [3.8, 4) is 5.75 Å². The zero-order chi connectivity index (χ0) is 22.6. The van der Waals surface area contributed by atoms with Gasteiger partial charge >= 0.3 is 0 Å². The summed E-state index contributed by atoms with van der Waals surface area (Å²) in [5, 5.41) is 15.6. The molecule has 0 unspecified atom stereocenters. The summed E-state index contributed by atoms with van der Waals surface area (Å²) in [7, 11) is 1.64. The quantitative estimate of drug-likeness (QED) is 0.397. The molecule has 3 rings (SSSR count). The number of primary amides is 1. The molecule has 1 heterocycles. The van der Waals surface area contributed by atoms with Crippen molar-refractivity contribution in [3.05, 3.63) is 53.1 Å². The highest BCUT2D eigenvalue weighted by Crippen LogP contribution is 2.33. The van der Waals surface area contributed by atoms with Crippen molar-refractivity contribution in [1.29, 1.82) is 0 Å². The highest BCUT2D eigenvalue weighted by atomic mass is 35.5. The summed E-state index contributed by atoms with van der Waals surface area (Å²) in [6.07, 6.45) is 1.54. The molecular weight excluding hydrogens is 425 g/mol. The molecule has 0 saturated heterocycles. The summed E-state index contributed by atoms with van der Waals surface area (Å²) in [4.78, 5) is 20.5. The van der Waals surface area contributed by atoms with Crippen LogP contribution >= 0.6 is 11.6 Å². The molecule has 0 aliphatic carbocycles. The van der Waals surface area contributed by atoms with Crippen molar-refractivity contribution >= 4 is 39.9 Å². The third-order valence-corrected chi connectivity index (χ3v) is 5.30. The van der Waals surface area contributed by atoms with Gasteiger partial charge in [0.25, 0.3) is 0 Å². The number of aromatic nitrogens is 2. The zero-order valence-electron chi connectivity index (χ0n) is 17.1. The van der Waals surface area contributed by atoms with Crippen molar-refractivity contribution in [2.75, 3.05) is 25.6 Å². The molecule has 31 heavy (non-hydrogen) atoms. The Morgan fingerprint density at radius 1 is 1.35 bits per heavy atom. The fraction of sp³-hybridized carbons (Fsp3) is 0.286. The van der Waals surface area contributed by atoms with Gasteiger partial charge in [0, 0.05) is 17.9 Å².